The zero-order chi connectivity index (χ0) is 20.4. The fourth-order valence-corrected chi connectivity index (χ4v) is 3.74. The highest BCUT2D eigenvalue weighted by Gasteiger charge is 2.29. The number of amides is 1. The fourth-order valence-electron chi connectivity index (χ4n) is 3.74. The second kappa shape index (κ2) is 8.11. The Bertz CT molecular complexity index is 903. The maximum absolute atomic E-state index is 12.9. The Morgan fingerprint density at radius 2 is 1.69 bits per heavy atom. The zero-order valence-corrected chi connectivity index (χ0v) is 16.8. The van der Waals surface area contributed by atoms with E-state index >= 15 is 0 Å². The monoisotopic (exact) mass is 395 g/mol. The number of benzene rings is 1. The summed E-state index contributed by atoms with van der Waals surface area (Å²) in [5.74, 6) is 2.10. The highest BCUT2D eigenvalue weighted by Crippen LogP contribution is 2.32. The molecule has 7 heteroatoms. The van der Waals surface area contributed by atoms with Crippen molar-refractivity contribution >= 4 is 17.5 Å². The fraction of sp³-hybridized carbons (Fsp3) is 0.409. The van der Waals surface area contributed by atoms with Crippen LogP contribution in [0.4, 0.5) is 5.82 Å². The van der Waals surface area contributed by atoms with Gasteiger partial charge in [-0.1, -0.05) is 0 Å². The number of aromatic nitrogens is 1. The van der Waals surface area contributed by atoms with Gasteiger partial charge in [0.2, 0.25) is 0 Å². The van der Waals surface area contributed by atoms with Crippen molar-refractivity contribution in [3.63, 3.8) is 0 Å². The van der Waals surface area contributed by atoms with Crippen LogP contribution in [0.1, 0.15) is 33.6 Å². The average Bonchev–Trinajstić information content (AvgIpc) is 2.78. The van der Waals surface area contributed by atoms with Crippen LogP contribution in [0.15, 0.2) is 36.5 Å². The third-order valence-electron chi connectivity index (χ3n) is 5.43. The van der Waals surface area contributed by atoms with Gasteiger partial charge < -0.3 is 19.3 Å². The van der Waals surface area contributed by atoms with E-state index in [1.165, 1.54) is 0 Å². The molecule has 0 atom stereocenters. The van der Waals surface area contributed by atoms with E-state index in [0.717, 1.165) is 5.82 Å². The van der Waals surface area contributed by atoms with Crippen LogP contribution >= 0.6 is 0 Å². The zero-order valence-electron chi connectivity index (χ0n) is 16.8. The molecule has 4 rings (SSSR count). The van der Waals surface area contributed by atoms with Gasteiger partial charge in [-0.25, -0.2) is 4.98 Å². The molecule has 2 aromatic rings. The third-order valence-corrected chi connectivity index (χ3v) is 5.43. The van der Waals surface area contributed by atoms with Gasteiger partial charge in [-0.3, -0.25) is 9.59 Å². The van der Waals surface area contributed by atoms with Crippen molar-refractivity contribution in [2.24, 2.45) is 5.92 Å². The van der Waals surface area contributed by atoms with Crippen LogP contribution in [0.25, 0.3) is 0 Å². The summed E-state index contributed by atoms with van der Waals surface area (Å²) in [4.78, 5) is 33.7. The third kappa shape index (κ3) is 4.04. The van der Waals surface area contributed by atoms with E-state index in [4.69, 9.17) is 9.47 Å². The summed E-state index contributed by atoms with van der Waals surface area (Å²) in [5, 5.41) is 0. The number of pyridine rings is 1. The second-order valence-electron chi connectivity index (χ2n) is 7.59. The maximum atomic E-state index is 12.9. The quantitative estimate of drug-likeness (QED) is 0.741. The van der Waals surface area contributed by atoms with Crippen LogP contribution in [0.2, 0.25) is 0 Å². The first-order valence-electron chi connectivity index (χ1n) is 9.89. The lowest BCUT2D eigenvalue weighted by Gasteiger charge is -2.31. The molecule has 7 nitrogen and oxygen atoms in total. The van der Waals surface area contributed by atoms with Crippen LogP contribution in [0, 0.1) is 5.92 Å². The number of fused-ring (bicyclic) bond motifs is 1. The molecule has 3 heterocycles. The van der Waals surface area contributed by atoms with Crippen LogP contribution in [0.3, 0.4) is 0 Å². The molecule has 152 valence electrons. The molecular formula is C22H25N3O4. The van der Waals surface area contributed by atoms with Gasteiger partial charge >= 0.3 is 0 Å². The van der Waals surface area contributed by atoms with Crippen molar-refractivity contribution in [2.45, 2.75) is 12.8 Å². The maximum Gasteiger partial charge on any atom is 0.255 e. The van der Waals surface area contributed by atoms with Gasteiger partial charge in [0.05, 0.1) is 5.56 Å². The van der Waals surface area contributed by atoms with E-state index in [1.807, 2.05) is 25.1 Å². The van der Waals surface area contributed by atoms with Gasteiger partial charge in [-0.05, 0) is 43.2 Å². The van der Waals surface area contributed by atoms with Crippen molar-refractivity contribution in [3.05, 3.63) is 47.7 Å². The molecule has 2 aliphatic heterocycles. The van der Waals surface area contributed by atoms with Gasteiger partial charge in [-0.2, -0.15) is 0 Å². The molecule has 1 fully saturated rings. The van der Waals surface area contributed by atoms with Gasteiger partial charge in [0.15, 0.2) is 17.3 Å². The van der Waals surface area contributed by atoms with E-state index in [9.17, 15) is 9.59 Å². The molecule has 29 heavy (non-hydrogen) atoms. The lowest BCUT2D eigenvalue weighted by Crippen LogP contribution is -2.40. The molecule has 0 radical (unpaired) electrons. The molecule has 1 saturated heterocycles. The summed E-state index contributed by atoms with van der Waals surface area (Å²) in [5.41, 5.74) is 1.22. The van der Waals surface area contributed by atoms with E-state index in [2.05, 4.69) is 4.98 Å². The minimum Gasteiger partial charge on any atom is -0.486 e. The number of carbonyl (C=O) groups excluding carboxylic acids is 2. The second-order valence-corrected chi connectivity index (χ2v) is 7.59. The normalized spacial score (nSPS) is 16.4. The summed E-state index contributed by atoms with van der Waals surface area (Å²) in [6, 6.07) is 9.00. The summed E-state index contributed by atoms with van der Waals surface area (Å²) in [6.45, 7) is 2.15. The standard InChI is InChI=1S/C22H25N3O4/c1-24(2)20-6-4-17(14-23-20)22(27)25-9-7-15(8-10-25)21(26)16-3-5-18-19(13-16)29-12-11-28-18/h3-6,13-15H,7-12H2,1-2H3. The minimum absolute atomic E-state index is 0.0342. The Labute approximate surface area is 170 Å². The van der Waals surface area contributed by atoms with Crippen molar-refractivity contribution < 1.29 is 19.1 Å². The van der Waals surface area contributed by atoms with Crippen molar-refractivity contribution in [3.8, 4) is 11.5 Å². The van der Waals surface area contributed by atoms with E-state index in [-0.39, 0.29) is 17.6 Å². The summed E-state index contributed by atoms with van der Waals surface area (Å²) in [6.07, 6.45) is 2.93. The molecule has 0 spiro atoms. The number of likely N-dealkylation sites (tertiary alicyclic amines) is 1. The molecular weight excluding hydrogens is 370 g/mol. The molecule has 1 aromatic carbocycles. The predicted octanol–water partition coefficient (Wildman–Crippen LogP) is 2.65. The summed E-state index contributed by atoms with van der Waals surface area (Å²) >= 11 is 0. The number of anilines is 1. The number of ketones is 1. The van der Waals surface area contributed by atoms with Gasteiger partial charge in [-0.15, -0.1) is 0 Å². The first-order valence-corrected chi connectivity index (χ1v) is 9.89. The first-order chi connectivity index (χ1) is 14.0. The highest BCUT2D eigenvalue weighted by atomic mass is 16.6. The summed E-state index contributed by atoms with van der Waals surface area (Å²) in [7, 11) is 3.82. The van der Waals surface area contributed by atoms with Gasteiger partial charge in [0.1, 0.15) is 19.0 Å². The van der Waals surface area contributed by atoms with Crippen molar-refractivity contribution in [2.75, 3.05) is 45.3 Å². The molecule has 1 aromatic heterocycles. The number of piperidine rings is 1. The van der Waals surface area contributed by atoms with Crippen molar-refractivity contribution in [1.82, 2.24) is 9.88 Å². The smallest absolute Gasteiger partial charge is 0.255 e. The minimum atomic E-state index is -0.0872. The molecule has 0 aliphatic carbocycles. The molecule has 0 bridgehead atoms. The predicted molar refractivity (Wildman–Crippen MR) is 109 cm³/mol. The number of nitrogens with zero attached hydrogens (tertiary/aromatic N) is 3. The van der Waals surface area contributed by atoms with E-state index < -0.39 is 0 Å². The van der Waals surface area contributed by atoms with Crippen LogP contribution < -0.4 is 14.4 Å². The number of hydrogen-bond acceptors (Lipinski definition) is 6. The number of Topliss-reactive ketones (excluding diaryl/α,β-unsaturated/α-hetero) is 1. The van der Waals surface area contributed by atoms with Gasteiger partial charge in [0, 0.05) is 44.9 Å². The Hall–Kier alpha value is -3.09. The van der Waals surface area contributed by atoms with Crippen LogP contribution in [-0.4, -0.2) is 62.0 Å². The topological polar surface area (TPSA) is 72.0 Å². The average molecular weight is 395 g/mol. The number of rotatable bonds is 4. The van der Waals surface area contributed by atoms with E-state index in [1.54, 1.807) is 35.4 Å². The molecule has 2 aliphatic rings. The number of carbonyl (C=O) groups is 2. The van der Waals surface area contributed by atoms with Crippen LogP contribution in [0.5, 0.6) is 11.5 Å². The number of ether oxygens (including phenoxy) is 2. The Morgan fingerprint density at radius 1 is 1.00 bits per heavy atom. The molecule has 0 N–H and O–H groups in total. The largest absolute Gasteiger partial charge is 0.486 e. The first kappa shape index (κ1) is 19.2. The Kier molecular flexibility index (Phi) is 5.38. The summed E-state index contributed by atoms with van der Waals surface area (Å²) < 4.78 is 11.1. The Morgan fingerprint density at radius 3 is 2.34 bits per heavy atom. The molecule has 0 saturated carbocycles. The van der Waals surface area contributed by atoms with Crippen LogP contribution in [-0.2, 0) is 0 Å². The van der Waals surface area contributed by atoms with Gasteiger partial charge in [0.25, 0.3) is 5.91 Å². The molecule has 1 amide bonds. The van der Waals surface area contributed by atoms with Crippen molar-refractivity contribution in [1.29, 1.82) is 0 Å². The SMILES string of the molecule is CN(C)c1ccc(C(=O)N2CCC(C(=O)c3ccc4c(c3)OCCO4)CC2)cn1. The Balaban J connectivity index is 1.37. The lowest BCUT2D eigenvalue weighted by molar-refractivity contribution is 0.0650. The number of hydrogen-bond donors (Lipinski definition) is 0. The highest BCUT2D eigenvalue weighted by molar-refractivity contribution is 5.99. The van der Waals surface area contributed by atoms with E-state index in [0.29, 0.717) is 61.8 Å². The lowest BCUT2D eigenvalue weighted by atomic mass is 9.88. The molecule has 0 unspecified atom stereocenters.